The van der Waals surface area contributed by atoms with Gasteiger partial charge in [-0.3, -0.25) is 4.79 Å². The van der Waals surface area contributed by atoms with E-state index in [2.05, 4.69) is 0 Å². The molecule has 156 valence electrons. The number of alkyl halides is 3. The lowest BCUT2D eigenvalue weighted by molar-refractivity contribution is -0.141. The highest BCUT2D eigenvalue weighted by molar-refractivity contribution is 5.53. The first-order valence-electron chi connectivity index (χ1n) is 8.75. The van der Waals surface area contributed by atoms with Crippen LogP contribution in [0, 0.1) is 17.1 Å². The van der Waals surface area contributed by atoms with Crippen molar-refractivity contribution in [2.45, 2.75) is 32.9 Å². The number of hydrogen-bond acceptors (Lipinski definition) is 4. The average Bonchev–Trinajstić information content (AvgIpc) is 2.65. The zero-order valence-corrected chi connectivity index (χ0v) is 15.9. The molecule has 0 atom stereocenters. The van der Waals surface area contributed by atoms with E-state index >= 15 is 0 Å². The van der Waals surface area contributed by atoms with Crippen LogP contribution >= 0.6 is 0 Å². The van der Waals surface area contributed by atoms with Crippen molar-refractivity contribution in [2.75, 3.05) is 0 Å². The van der Waals surface area contributed by atoms with E-state index in [9.17, 15) is 32.4 Å². The second kappa shape index (κ2) is 7.67. The van der Waals surface area contributed by atoms with E-state index < -0.39 is 34.6 Å². The standard InChI is InChI=1S/C20H15F4N3O3/c1-10-4-3-5-11(2)18(10)30-15-7-14(13(21)6-12(15)9-25)27-17(28)8-16(20(22,23)24)26-19(27)29/h4,6-8H,3,5H2,1-2H3,(H,26,29). The summed E-state index contributed by atoms with van der Waals surface area (Å²) in [5.74, 6) is -0.819. The zero-order chi connectivity index (χ0) is 22.2. The summed E-state index contributed by atoms with van der Waals surface area (Å²) < 4.78 is 59.0. The van der Waals surface area contributed by atoms with Gasteiger partial charge in [0, 0.05) is 12.1 Å². The Kier molecular flexibility index (Phi) is 5.39. The van der Waals surface area contributed by atoms with E-state index in [0.717, 1.165) is 29.7 Å². The number of nitriles is 1. The van der Waals surface area contributed by atoms with Crippen LogP contribution < -0.4 is 16.0 Å². The predicted molar refractivity (Wildman–Crippen MR) is 98.7 cm³/mol. The molecule has 1 heterocycles. The number of aromatic amines is 1. The lowest BCUT2D eigenvalue weighted by Crippen LogP contribution is -2.36. The molecule has 30 heavy (non-hydrogen) atoms. The van der Waals surface area contributed by atoms with Crippen molar-refractivity contribution >= 4 is 0 Å². The Labute approximate surface area is 167 Å². The van der Waals surface area contributed by atoms with Crippen LogP contribution in [0.25, 0.3) is 5.69 Å². The van der Waals surface area contributed by atoms with Crippen LogP contribution in [0.2, 0.25) is 0 Å². The maximum Gasteiger partial charge on any atom is 0.431 e. The minimum absolute atomic E-state index is 0.135. The number of nitrogens with one attached hydrogen (secondary N) is 1. The molecule has 0 saturated heterocycles. The van der Waals surface area contributed by atoms with Crippen LogP contribution in [0.4, 0.5) is 17.6 Å². The topological polar surface area (TPSA) is 87.9 Å². The summed E-state index contributed by atoms with van der Waals surface area (Å²) in [5.41, 5.74) is -3.58. The van der Waals surface area contributed by atoms with E-state index in [1.807, 2.05) is 13.0 Å². The first kappa shape index (κ1) is 21.1. The summed E-state index contributed by atoms with van der Waals surface area (Å²) in [6, 6.07) is 3.62. The van der Waals surface area contributed by atoms with Crippen LogP contribution in [0.15, 0.2) is 50.8 Å². The van der Waals surface area contributed by atoms with E-state index in [-0.39, 0.29) is 21.9 Å². The second-order valence-corrected chi connectivity index (χ2v) is 6.71. The van der Waals surface area contributed by atoms with Crippen molar-refractivity contribution in [1.82, 2.24) is 9.55 Å². The normalized spacial score (nSPS) is 14.4. The molecule has 0 bridgehead atoms. The van der Waals surface area contributed by atoms with Crippen LogP contribution in [0.3, 0.4) is 0 Å². The number of rotatable bonds is 3. The number of aromatic nitrogens is 2. The molecule has 1 aliphatic carbocycles. The molecular weight excluding hydrogens is 406 g/mol. The molecule has 6 nitrogen and oxygen atoms in total. The summed E-state index contributed by atoms with van der Waals surface area (Å²) in [6.45, 7) is 3.62. The van der Waals surface area contributed by atoms with Gasteiger partial charge in [0.1, 0.15) is 29.1 Å². The second-order valence-electron chi connectivity index (χ2n) is 6.71. The quantitative estimate of drug-likeness (QED) is 0.761. The van der Waals surface area contributed by atoms with Gasteiger partial charge in [-0.25, -0.2) is 13.8 Å². The van der Waals surface area contributed by atoms with E-state index in [1.54, 1.807) is 13.0 Å². The summed E-state index contributed by atoms with van der Waals surface area (Å²) in [4.78, 5) is 25.8. The van der Waals surface area contributed by atoms with Gasteiger partial charge in [0.05, 0.1) is 11.3 Å². The van der Waals surface area contributed by atoms with Gasteiger partial charge in [-0.15, -0.1) is 0 Å². The van der Waals surface area contributed by atoms with E-state index in [0.29, 0.717) is 12.2 Å². The summed E-state index contributed by atoms with van der Waals surface area (Å²) >= 11 is 0. The molecule has 1 aliphatic rings. The third-order valence-electron chi connectivity index (χ3n) is 4.58. The maximum absolute atomic E-state index is 14.6. The fourth-order valence-electron chi connectivity index (χ4n) is 3.09. The highest BCUT2D eigenvalue weighted by Crippen LogP contribution is 2.32. The molecule has 1 N–H and O–H groups in total. The molecule has 0 saturated carbocycles. The van der Waals surface area contributed by atoms with Gasteiger partial charge >= 0.3 is 11.9 Å². The Morgan fingerprint density at radius 3 is 2.47 bits per heavy atom. The predicted octanol–water partition coefficient (Wildman–Crippen LogP) is 3.95. The Bertz CT molecular complexity index is 1210. The molecular formula is C20H15F4N3O3. The van der Waals surface area contributed by atoms with Crippen LogP contribution in [0.5, 0.6) is 5.75 Å². The minimum atomic E-state index is -4.95. The van der Waals surface area contributed by atoms with Crippen molar-refractivity contribution in [3.8, 4) is 17.5 Å². The Hall–Kier alpha value is -3.61. The SMILES string of the molecule is CC1=CCCC(C)=C1Oc1cc(-n2c(=O)cc(C(F)(F)F)[nH]c2=O)c(F)cc1C#N. The molecule has 2 aromatic rings. The fourth-order valence-corrected chi connectivity index (χ4v) is 3.09. The Morgan fingerprint density at radius 1 is 1.20 bits per heavy atom. The number of ether oxygens (including phenoxy) is 1. The third kappa shape index (κ3) is 3.91. The third-order valence-corrected chi connectivity index (χ3v) is 4.58. The Balaban J connectivity index is 2.18. The molecule has 0 unspecified atom stereocenters. The number of nitrogens with zero attached hydrogens (tertiary/aromatic N) is 2. The van der Waals surface area contributed by atoms with Crippen molar-refractivity contribution < 1.29 is 22.3 Å². The highest BCUT2D eigenvalue weighted by Gasteiger charge is 2.33. The maximum atomic E-state index is 14.6. The number of hydrogen-bond donors (Lipinski definition) is 1. The highest BCUT2D eigenvalue weighted by atomic mass is 19.4. The van der Waals surface area contributed by atoms with Crippen LogP contribution in [-0.2, 0) is 6.18 Å². The van der Waals surface area contributed by atoms with Crippen molar-refractivity contribution in [3.63, 3.8) is 0 Å². The monoisotopic (exact) mass is 421 g/mol. The molecule has 0 spiro atoms. The number of H-pyrrole nitrogens is 1. The number of halogens is 4. The summed E-state index contributed by atoms with van der Waals surface area (Å²) in [6.07, 6.45) is -1.52. The van der Waals surface area contributed by atoms with Gasteiger partial charge in [-0.05, 0) is 43.9 Å². The molecule has 3 rings (SSSR count). The van der Waals surface area contributed by atoms with Crippen molar-refractivity contribution in [3.05, 3.63) is 79.1 Å². The van der Waals surface area contributed by atoms with Gasteiger partial charge in [0.25, 0.3) is 5.56 Å². The largest absolute Gasteiger partial charge is 0.456 e. The molecule has 0 aliphatic heterocycles. The molecule has 1 aromatic carbocycles. The van der Waals surface area contributed by atoms with Gasteiger partial charge in [-0.2, -0.15) is 18.4 Å². The summed E-state index contributed by atoms with van der Waals surface area (Å²) in [7, 11) is 0. The van der Waals surface area contributed by atoms with Crippen molar-refractivity contribution in [2.24, 2.45) is 0 Å². The molecule has 1 aromatic heterocycles. The average molecular weight is 421 g/mol. The van der Waals surface area contributed by atoms with Crippen LogP contribution in [0.1, 0.15) is 37.9 Å². The smallest absolute Gasteiger partial charge is 0.431 e. The van der Waals surface area contributed by atoms with Gasteiger partial charge in [0.15, 0.2) is 0 Å². The number of allylic oxidation sites excluding steroid dienone is 3. The van der Waals surface area contributed by atoms with Gasteiger partial charge in [0.2, 0.25) is 0 Å². The molecule has 0 fully saturated rings. The summed E-state index contributed by atoms with van der Waals surface area (Å²) in [5, 5.41) is 9.31. The fraction of sp³-hybridized carbons (Fsp3) is 0.250. The molecule has 10 heteroatoms. The first-order chi connectivity index (χ1) is 14.0. The van der Waals surface area contributed by atoms with E-state index in [4.69, 9.17) is 4.74 Å². The Morgan fingerprint density at radius 2 is 1.90 bits per heavy atom. The van der Waals surface area contributed by atoms with Crippen LogP contribution in [-0.4, -0.2) is 9.55 Å². The minimum Gasteiger partial charge on any atom is -0.456 e. The van der Waals surface area contributed by atoms with E-state index in [1.165, 1.54) is 4.98 Å². The molecule has 0 amide bonds. The lowest BCUT2D eigenvalue weighted by Gasteiger charge is -2.19. The number of benzene rings is 1. The first-order valence-corrected chi connectivity index (χ1v) is 8.75. The van der Waals surface area contributed by atoms with Gasteiger partial charge < -0.3 is 9.72 Å². The zero-order valence-electron chi connectivity index (χ0n) is 15.9. The lowest BCUT2D eigenvalue weighted by atomic mass is 9.99. The van der Waals surface area contributed by atoms with Gasteiger partial charge in [-0.1, -0.05) is 6.08 Å². The van der Waals surface area contributed by atoms with Crippen molar-refractivity contribution in [1.29, 1.82) is 5.26 Å². The molecule has 0 radical (unpaired) electrons.